The first-order valence-electron chi connectivity index (χ1n) is 12.6. The van der Waals surface area contributed by atoms with Gasteiger partial charge in [-0.2, -0.15) is 0 Å². The number of imide groups is 4. The first kappa shape index (κ1) is 30.5. The molecule has 2 heterocycles. The lowest BCUT2D eigenvalue weighted by molar-refractivity contribution is -0.146. The molecule has 2 aromatic carbocycles. The molecule has 14 heteroatoms. The van der Waals surface area contributed by atoms with Crippen LogP contribution in [0.4, 0.5) is 9.59 Å². The standard InChI is InChI=1S/C28H26Cl2N6O6/c1-33-23(37)19(24(38)34(2)27(33)41)21(15-8-7-9-16(29)14-15)31-12-13-32-22(17-10-5-6-11-18(17)30)20-25(39)35(3)28(42)36(4)26(20)40/h5-11,14,19-20H,12-13H2,1-4H3. The fourth-order valence-corrected chi connectivity index (χ4v) is 5.04. The molecule has 0 saturated carbocycles. The number of rotatable bonds is 7. The highest BCUT2D eigenvalue weighted by Crippen LogP contribution is 2.26. The Bertz CT molecular complexity index is 1530. The summed E-state index contributed by atoms with van der Waals surface area (Å²) in [5.41, 5.74) is 0.819. The second-order valence-corrected chi connectivity index (χ2v) is 10.4. The van der Waals surface area contributed by atoms with Crippen molar-refractivity contribution in [3.63, 3.8) is 0 Å². The highest BCUT2D eigenvalue weighted by Gasteiger charge is 2.47. The van der Waals surface area contributed by atoms with Gasteiger partial charge in [-0.25, -0.2) is 9.59 Å². The molecule has 0 atom stereocenters. The van der Waals surface area contributed by atoms with Crippen LogP contribution in [0.1, 0.15) is 11.1 Å². The van der Waals surface area contributed by atoms with E-state index in [4.69, 9.17) is 23.2 Å². The van der Waals surface area contributed by atoms with Crippen molar-refractivity contribution in [1.82, 2.24) is 19.6 Å². The van der Waals surface area contributed by atoms with Gasteiger partial charge in [0.25, 0.3) is 0 Å². The van der Waals surface area contributed by atoms with Crippen LogP contribution in [0.25, 0.3) is 0 Å². The lowest BCUT2D eigenvalue weighted by atomic mass is 9.92. The van der Waals surface area contributed by atoms with Gasteiger partial charge in [-0.1, -0.05) is 53.5 Å². The fraction of sp³-hybridized carbons (Fsp3) is 0.286. The summed E-state index contributed by atoms with van der Waals surface area (Å²) < 4.78 is 0. The maximum Gasteiger partial charge on any atom is 0.332 e. The van der Waals surface area contributed by atoms with Crippen molar-refractivity contribution < 1.29 is 28.8 Å². The molecule has 2 aromatic rings. The summed E-state index contributed by atoms with van der Waals surface area (Å²) in [6, 6.07) is 11.4. The summed E-state index contributed by atoms with van der Waals surface area (Å²) >= 11 is 12.6. The molecule has 0 aliphatic carbocycles. The van der Waals surface area contributed by atoms with Crippen molar-refractivity contribution >= 4 is 70.3 Å². The van der Waals surface area contributed by atoms with Gasteiger partial charge in [0.2, 0.25) is 23.6 Å². The van der Waals surface area contributed by atoms with Crippen LogP contribution < -0.4 is 0 Å². The molecular formula is C28H26Cl2N6O6. The van der Waals surface area contributed by atoms with Gasteiger partial charge in [0.05, 0.1) is 24.5 Å². The molecule has 2 aliphatic rings. The van der Waals surface area contributed by atoms with Gasteiger partial charge in [0.15, 0.2) is 11.8 Å². The number of carbonyl (C=O) groups is 6. The number of carbonyl (C=O) groups excluding carboxylic acids is 6. The van der Waals surface area contributed by atoms with E-state index in [-0.39, 0.29) is 29.5 Å². The lowest BCUT2D eigenvalue weighted by Crippen LogP contribution is -2.59. The minimum Gasteiger partial charge on any atom is -0.286 e. The van der Waals surface area contributed by atoms with Crippen LogP contribution in [-0.2, 0) is 19.2 Å². The molecule has 2 aliphatic heterocycles. The number of aliphatic imine (C=N–C) groups is 2. The van der Waals surface area contributed by atoms with Crippen LogP contribution >= 0.6 is 23.2 Å². The first-order chi connectivity index (χ1) is 19.9. The molecule has 218 valence electrons. The molecule has 0 bridgehead atoms. The largest absolute Gasteiger partial charge is 0.332 e. The molecule has 2 fully saturated rings. The maximum atomic E-state index is 13.1. The third kappa shape index (κ3) is 5.55. The minimum absolute atomic E-state index is 0.0381. The van der Waals surface area contributed by atoms with Crippen LogP contribution in [0.5, 0.6) is 0 Å². The number of urea groups is 2. The number of nitrogens with zero attached hydrogens (tertiary/aromatic N) is 6. The van der Waals surface area contributed by atoms with Gasteiger partial charge in [0, 0.05) is 43.8 Å². The molecular weight excluding hydrogens is 587 g/mol. The molecule has 4 rings (SSSR count). The van der Waals surface area contributed by atoms with Crippen molar-refractivity contribution in [2.45, 2.75) is 0 Å². The van der Waals surface area contributed by atoms with E-state index in [9.17, 15) is 28.8 Å². The quantitative estimate of drug-likeness (QED) is 0.267. The zero-order valence-electron chi connectivity index (χ0n) is 23.1. The molecule has 0 N–H and O–H groups in total. The van der Waals surface area contributed by atoms with Crippen molar-refractivity contribution in [2.75, 3.05) is 41.3 Å². The van der Waals surface area contributed by atoms with Gasteiger partial charge in [-0.3, -0.25) is 48.8 Å². The topological polar surface area (TPSA) is 140 Å². The monoisotopic (exact) mass is 612 g/mol. The van der Waals surface area contributed by atoms with E-state index in [2.05, 4.69) is 9.98 Å². The second kappa shape index (κ2) is 12.2. The Morgan fingerprint density at radius 1 is 0.643 bits per heavy atom. The van der Waals surface area contributed by atoms with Gasteiger partial charge >= 0.3 is 12.1 Å². The highest BCUT2D eigenvalue weighted by molar-refractivity contribution is 6.38. The molecule has 0 spiro atoms. The molecule has 42 heavy (non-hydrogen) atoms. The minimum atomic E-state index is -1.44. The molecule has 8 amide bonds. The van der Waals surface area contributed by atoms with Gasteiger partial charge < -0.3 is 0 Å². The van der Waals surface area contributed by atoms with Crippen LogP contribution in [-0.4, -0.2) is 108 Å². The Kier molecular flexibility index (Phi) is 8.88. The molecule has 0 aromatic heterocycles. The zero-order chi connectivity index (χ0) is 30.9. The summed E-state index contributed by atoms with van der Waals surface area (Å²) in [5, 5.41) is 0.571. The van der Waals surface area contributed by atoms with Crippen LogP contribution in [0, 0.1) is 11.8 Å². The van der Waals surface area contributed by atoms with E-state index >= 15 is 0 Å². The van der Waals surface area contributed by atoms with E-state index in [0.29, 0.717) is 16.1 Å². The van der Waals surface area contributed by atoms with E-state index in [1.807, 2.05) is 0 Å². The van der Waals surface area contributed by atoms with Crippen molar-refractivity contribution in [1.29, 1.82) is 0 Å². The number of amides is 8. The van der Waals surface area contributed by atoms with Crippen LogP contribution in [0.2, 0.25) is 10.0 Å². The smallest absolute Gasteiger partial charge is 0.286 e. The summed E-state index contributed by atoms with van der Waals surface area (Å²) in [6.07, 6.45) is 0. The van der Waals surface area contributed by atoms with Crippen LogP contribution in [0.15, 0.2) is 58.5 Å². The Morgan fingerprint density at radius 2 is 1.10 bits per heavy atom. The van der Waals surface area contributed by atoms with E-state index in [1.54, 1.807) is 42.5 Å². The maximum absolute atomic E-state index is 13.1. The van der Waals surface area contributed by atoms with E-state index < -0.39 is 47.5 Å². The van der Waals surface area contributed by atoms with Crippen LogP contribution in [0.3, 0.4) is 0 Å². The number of benzene rings is 2. The summed E-state index contributed by atoms with van der Waals surface area (Å²) in [6.45, 7) is -0.184. The zero-order valence-corrected chi connectivity index (χ0v) is 24.6. The average Bonchev–Trinajstić information content (AvgIpc) is 2.97. The molecule has 2 saturated heterocycles. The Morgan fingerprint density at radius 3 is 1.57 bits per heavy atom. The predicted molar refractivity (Wildman–Crippen MR) is 155 cm³/mol. The molecule has 0 unspecified atom stereocenters. The first-order valence-corrected chi connectivity index (χ1v) is 13.4. The van der Waals surface area contributed by atoms with Crippen molar-refractivity contribution in [2.24, 2.45) is 21.8 Å². The van der Waals surface area contributed by atoms with Gasteiger partial charge in [0.1, 0.15) is 0 Å². The Balaban J connectivity index is 1.75. The summed E-state index contributed by atoms with van der Waals surface area (Å²) in [5.74, 6) is -5.90. The number of halogens is 2. The second-order valence-electron chi connectivity index (χ2n) is 9.54. The third-order valence-corrected chi connectivity index (χ3v) is 7.50. The van der Waals surface area contributed by atoms with Gasteiger partial charge in [-0.15, -0.1) is 0 Å². The summed E-state index contributed by atoms with van der Waals surface area (Å²) in [7, 11) is 5.08. The Hall–Kier alpha value is -4.42. The third-order valence-electron chi connectivity index (χ3n) is 6.94. The van der Waals surface area contributed by atoms with E-state index in [1.165, 1.54) is 34.3 Å². The van der Waals surface area contributed by atoms with Crippen molar-refractivity contribution in [3.05, 3.63) is 69.7 Å². The van der Waals surface area contributed by atoms with Crippen molar-refractivity contribution in [3.8, 4) is 0 Å². The molecule has 0 radical (unpaired) electrons. The Labute approximate surface area is 251 Å². The predicted octanol–water partition coefficient (Wildman–Crippen LogP) is 2.61. The lowest BCUT2D eigenvalue weighted by Gasteiger charge is -2.33. The number of hydrogen-bond acceptors (Lipinski definition) is 8. The fourth-order valence-electron chi connectivity index (χ4n) is 4.62. The SMILES string of the molecule is CN1C(=O)C(C(=NCCN=C(c2ccccc2Cl)C2C(=O)N(C)C(=O)N(C)C2=O)c2cccc(Cl)c2)C(=O)N(C)C1=O. The van der Waals surface area contributed by atoms with Gasteiger partial charge in [-0.05, 0) is 23.8 Å². The average molecular weight is 613 g/mol. The number of hydrogen-bond donors (Lipinski definition) is 0. The normalized spacial score (nSPS) is 18.1. The summed E-state index contributed by atoms with van der Waals surface area (Å²) in [4.78, 5) is 89.5. The highest BCUT2D eigenvalue weighted by atomic mass is 35.5. The number of barbiturate groups is 2. The van der Waals surface area contributed by atoms with E-state index in [0.717, 1.165) is 19.6 Å². The molecule has 12 nitrogen and oxygen atoms in total.